The van der Waals surface area contributed by atoms with Crippen LogP contribution in [0.4, 0.5) is 0 Å². The van der Waals surface area contributed by atoms with Gasteiger partial charge in [-0.05, 0) is 56.5 Å². The van der Waals surface area contributed by atoms with Crippen LogP contribution in [0.1, 0.15) is 30.9 Å². The minimum atomic E-state index is -3.57. The zero-order chi connectivity index (χ0) is 22.0. The van der Waals surface area contributed by atoms with Crippen LogP contribution in [0.5, 0.6) is 0 Å². The van der Waals surface area contributed by atoms with E-state index in [1.165, 1.54) is 9.87 Å². The van der Waals surface area contributed by atoms with Crippen LogP contribution in [-0.2, 0) is 27.9 Å². The number of hydrogen-bond acceptors (Lipinski definition) is 3. The molecule has 4 rings (SSSR count). The monoisotopic (exact) mass is 439 g/mol. The van der Waals surface area contributed by atoms with Gasteiger partial charge in [0.15, 0.2) is 0 Å². The standard InChI is InChI=1S/C24H29N3O3S/c1-3-26-13-10-21-16-22(8-9-23(21)26)31(29,30)27-14-11-20(12-15-27)24(28)25-17-19-6-4-18(2)5-7-19/h4-10,13,16,20H,3,11-12,14-15,17H2,1-2H3,(H,25,28). The van der Waals surface area contributed by atoms with Crippen LogP contribution in [0.3, 0.4) is 0 Å². The Morgan fingerprint density at radius 2 is 1.77 bits per heavy atom. The molecular weight excluding hydrogens is 410 g/mol. The van der Waals surface area contributed by atoms with Gasteiger partial charge in [-0.1, -0.05) is 29.8 Å². The highest BCUT2D eigenvalue weighted by Gasteiger charge is 2.32. The number of piperidine rings is 1. The highest BCUT2D eigenvalue weighted by atomic mass is 32.2. The lowest BCUT2D eigenvalue weighted by Gasteiger charge is -2.30. The van der Waals surface area contributed by atoms with E-state index in [0.29, 0.717) is 37.4 Å². The molecule has 1 fully saturated rings. The molecule has 1 N–H and O–H groups in total. The van der Waals surface area contributed by atoms with E-state index in [-0.39, 0.29) is 11.8 Å². The van der Waals surface area contributed by atoms with Crippen molar-refractivity contribution in [1.29, 1.82) is 0 Å². The molecule has 31 heavy (non-hydrogen) atoms. The highest BCUT2D eigenvalue weighted by Crippen LogP contribution is 2.27. The number of fused-ring (bicyclic) bond motifs is 1. The maximum atomic E-state index is 13.1. The van der Waals surface area contributed by atoms with Crippen molar-refractivity contribution in [3.05, 3.63) is 65.9 Å². The van der Waals surface area contributed by atoms with E-state index >= 15 is 0 Å². The van der Waals surface area contributed by atoms with Crippen molar-refractivity contribution in [2.45, 2.75) is 44.7 Å². The number of hydrogen-bond donors (Lipinski definition) is 1. The maximum absolute atomic E-state index is 13.1. The van der Waals surface area contributed by atoms with Crippen molar-refractivity contribution in [1.82, 2.24) is 14.2 Å². The second-order valence-electron chi connectivity index (χ2n) is 8.20. The molecule has 1 aromatic heterocycles. The highest BCUT2D eigenvalue weighted by molar-refractivity contribution is 7.89. The summed E-state index contributed by atoms with van der Waals surface area (Å²) in [7, 11) is -3.57. The Labute approximate surface area is 183 Å². The number of carbonyl (C=O) groups is 1. The van der Waals surface area contributed by atoms with E-state index < -0.39 is 10.0 Å². The molecule has 0 radical (unpaired) electrons. The van der Waals surface area contributed by atoms with Crippen molar-refractivity contribution >= 4 is 26.8 Å². The molecule has 1 aliphatic rings. The van der Waals surface area contributed by atoms with E-state index in [2.05, 4.69) is 16.8 Å². The number of carbonyl (C=O) groups excluding carboxylic acids is 1. The van der Waals surface area contributed by atoms with Gasteiger partial charge in [-0.3, -0.25) is 4.79 Å². The normalized spacial score (nSPS) is 15.9. The molecule has 0 saturated carbocycles. The van der Waals surface area contributed by atoms with E-state index in [9.17, 15) is 13.2 Å². The minimum Gasteiger partial charge on any atom is -0.352 e. The van der Waals surface area contributed by atoms with Gasteiger partial charge in [-0.2, -0.15) is 4.31 Å². The first-order chi connectivity index (χ1) is 14.9. The van der Waals surface area contributed by atoms with Gasteiger partial charge in [0.25, 0.3) is 0 Å². The summed E-state index contributed by atoms with van der Waals surface area (Å²) in [5.74, 6) is -0.155. The molecule has 0 unspecified atom stereocenters. The molecule has 0 spiro atoms. The molecular formula is C24H29N3O3S. The number of rotatable bonds is 6. The fourth-order valence-electron chi connectivity index (χ4n) is 4.16. The SMILES string of the molecule is CCn1ccc2cc(S(=O)(=O)N3CCC(C(=O)NCc4ccc(C)cc4)CC3)ccc21. The second kappa shape index (κ2) is 8.85. The van der Waals surface area contributed by atoms with Crippen LogP contribution in [0.15, 0.2) is 59.6 Å². The van der Waals surface area contributed by atoms with Gasteiger partial charge in [0.05, 0.1) is 4.90 Å². The Balaban J connectivity index is 1.37. The van der Waals surface area contributed by atoms with E-state index in [1.54, 1.807) is 12.1 Å². The summed E-state index contributed by atoms with van der Waals surface area (Å²) < 4.78 is 29.9. The quantitative estimate of drug-likeness (QED) is 0.637. The molecule has 2 heterocycles. The number of nitrogens with one attached hydrogen (secondary N) is 1. The van der Waals surface area contributed by atoms with Crippen LogP contribution in [0.25, 0.3) is 10.9 Å². The predicted molar refractivity (Wildman–Crippen MR) is 122 cm³/mol. The number of aryl methyl sites for hydroxylation is 2. The number of nitrogens with zero attached hydrogens (tertiary/aromatic N) is 2. The lowest BCUT2D eigenvalue weighted by Crippen LogP contribution is -2.42. The first-order valence-corrected chi connectivity index (χ1v) is 12.2. The van der Waals surface area contributed by atoms with Crippen molar-refractivity contribution in [3.8, 4) is 0 Å². The van der Waals surface area contributed by atoms with Gasteiger partial charge < -0.3 is 9.88 Å². The third-order valence-electron chi connectivity index (χ3n) is 6.13. The number of benzene rings is 2. The lowest BCUT2D eigenvalue weighted by atomic mass is 9.97. The second-order valence-corrected chi connectivity index (χ2v) is 10.1. The molecule has 0 bridgehead atoms. The summed E-state index contributed by atoms with van der Waals surface area (Å²) in [5.41, 5.74) is 3.28. The zero-order valence-electron chi connectivity index (χ0n) is 18.0. The van der Waals surface area contributed by atoms with Gasteiger partial charge >= 0.3 is 0 Å². The third kappa shape index (κ3) is 4.52. The van der Waals surface area contributed by atoms with Crippen LogP contribution in [-0.4, -0.2) is 36.3 Å². The summed E-state index contributed by atoms with van der Waals surface area (Å²) in [4.78, 5) is 12.9. The van der Waals surface area contributed by atoms with Crippen LogP contribution in [0.2, 0.25) is 0 Å². The predicted octanol–water partition coefficient (Wildman–Crippen LogP) is 3.69. The van der Waals surface area contributed by atoms with Gasteiger partial charge in [0.1, 0.15) is 0 Å². The Bertz CT molecular complexity index is 1170. The van der Waals surface area contributed by atoms with Gasteiger partial charge in [0, 0.05) is 49.2 Å². The Hall–Kier alpha value is -2.64. The van der Waals surface area contributed by atoms with Crippen LogP contribution in [0, 0.1) is 12.8 Å². The average molecular weight is 440 g/mol. The van der Waals surface area contributed by atoms with Gasteiger partial charge in [-0.15, -0.1) is 0 Å². The summed E-state index contributed by atoms with van der Waals surface area (Å²) in [6, 6.07) is 15.3. The molecule has 7 heteroatoms. The topological polar surface area (TPSA) is 71.4 Å². The molecule has 164 valence electrons. The van der Waals surface area contributed by atoms with E-state index in [0.717, 1.165) is 23.0 Å². The smallest absolute Gasteiger partial charge is 0.243 e. The van der Waals surface area contributed by atoms with Crippen molar-refractivity contribution in [2.75, 3.05) is 13.1 Å². The fraction of sp³-hybridized carbons (Fsp3) is 0.375. The first-order valence-electron chi connectivity index (χ1n) is 10.8. The molecule has 1 saturated heterocycles. The van der Waals surface area contributed by atoms with Crippen molar-refractivity contribution < 1.29 is 13.2 Å². The summed E-state index contributed by atoms with van der Waals surface area (Å²) >= 11 is 0. The van der Waals surface area contributed by atoms with Crippen LogP contribution >= 0.6 is 0 Å². The Kier molecular flexibility index (Phi) is 6.16. The molecule has 1 aliphatic heterocycles. The molecule has 0 atom stereocenters. The molecule has 3 aromatic rings. The molecule has 1 amide bonds. The first kappa shape index (κ1) is 21.6. The molecule has 0 aliphatic carbocycles. The van der Waals surface area contributed by atoms with E-state index in [4.69, 9.17) is 0 Å². The maximum Gasteiger partial charge on any atom is 0.243 e. The van der Waals surface area contributed by atoms with Crippen molar-refractivity contribution in [3.63, 3.8) is 0 Å². The Morgan fingerprint density at radius 1 is 1.06 bits per heavy atom. The Morgan fingerprint density at radius 3 is 2.45 bits per heavy atom. The minimum absolute atomic E-state index is 0.0000482. The summed E-state index contributed by atoms with van der Waals surface area (Å²) in [6.07, 6.45) is 3.04. The number of amides is 1. The van der Waals surface area contributed by atoms with Crippen molar-refractivity contribution in [2.24, 2.45) is 5.92 Å². The number of sulfonamides is 1. The largest absolute Gasteiger partial charge is 0.352 e. The summed E-state index contributed by atoms with van der Waals surface area (Å²) in [6.45, 7) is 6.15. The zero-order valence-corrected chi connectivity index (χ0v) is 18.9. The fourth-order valence-corrected chi connectivity index (χ4v) is 5.67. The number of aromatic nitrogens is 1. The molecule has 2 aromatic carbocycles. The van der Waals surface area contributed by atoms with Gasteiger partial charge in [0.2, 0.25) is 15.9 Å². The average Bonchev–Trinajstić information content (AvgIpc) is 3.21. The van der Waals surface area contributed by atoms with Crippen LogP contribution < -0.4 is 5.32 Å². The lowest BCUT2D eigenvalue weighted by molar-refractivity contribution is -0.126. The van der Waals surface area contributed by atoms with Gasteiger partial charge in [-0.25, -0.2) is 8.42 Å². The molecule has 6 nitrogen and oxygen atoms in total. The van der Waals surface area contributed by atoms with E-state index in [1.807, 2.05) is 49.5 Å². The summed E-state index contributed by atoms with van der Waals surface area (Å²) in [5, 5.41) is 3.92. The third-order valence-corrected chi connectivity index (χ3v) is 8.03.